The van der Waals surface area contributed by atoms with E-state index >= 15 is 0 Å². The second-order valence-electron chi connectivity index (χ2n) is 2.04. The zero-order valence-corrected chi connectivity index (χ0v) is 5.19. The molecule has 1 N–H and O–H groups in total. The fourth-order valence-corrected chi connectivity index (χ4v) is 0.720. The Kier molecular flexibility index (Phi) is 1.86. The molecule has 1 heterocycles. The van der Waals surface area contributed by atoms with E-state index in [1.54, 1.807) is 0 Å². The van der Waals surface area contributed by atoms with E-state index in [0.717, 1.165) is 0 Å². The Morgan fingerprint density at radius 2 is 2.30 bits per heavy atom. The first kappa shape index (κ1) is 7.01. The van der Waals surface area contributed by atoms with Crippen molar-refractivity contribution in [2.24, 2.45) is 0 Å². The molecule has 0 atom stereocenters. The average Bonchev–Trinajstić information content (AvgIpc) is 1.82. The molecule has 1 amide bonds. The molecule has 0 aromatic heterocycles. The zero-order valence-electron chi connectivity index (χ0n) is 5.19. The van der Waals surface area contributed by atoms with Crippen molar-refractivity contribution in [2.75, 3.05) is 13.1 Å². The van der Waals surface area contributed by atoms with Crippen molar-refractivity contribution in [3.63, 3.8) is 0 Å². The number of likely N-dealkylation sites (tertiary alicyclic amines) is 1. The maximum absolute atomic E-state index is 10.5. The number of rotatable bonds is 1. The SMILES string of the molecule is O=COC(=O)N1CC(O)C1. The van der Waals surface area contributed by atoms with Crippen LogP contribution in [-0.2, 0) is 9.53 Å². The second kappa shape index (κ2) is 2.66. The normalized spacial score (nSPS) is 17.9. The van der Waals surface area contributed by atoms with Crippen LogP contribution in [-0.4, -0.2) is 41.8 Å². The Morgan fingerprint density at radius 3 is 2.70 bits per heavy atom. The summed E-state index contributed by atoms with van der Waals surface area (Å²) >= 11 is 0. The minimum atomic E-state index is -0.694. The number of β-amino-alcohol motifs (C(OH)–C–C–N with tert-alkyl or cyclic N) is 1. The molecule has 1 aliphatic rings. The molecule has 5 heteroatoms. The molecule has 5 nitrogen and oxygen atoms in total. The minimum Gasteiger partial charge on any atom is -0.389 e. The average molecular weight is 145 g/mol. The minimum absolute atomic E-state index is 0.0764. The van der Waals surface area contributed by atoms with Gasteiger partial charge in [-0.3, -0.25) is 4.79 Å². The van der Waals surface area contributed by atoms with E-state index in [2.05, 4.69) is 4.74 Å². The predicted molar refractivity (Wildman–Crippen MR) is 30.1 cm³/mol. The third-order valence-corrected chi connectivity index (χ3v) is 1.27. The van der Waals surface area contributed by atoms with Gasteiger partial charge in [-0.1, -0.05) is 0 Å². The van der Waals surface area contributed by atoms with Crippen LogP contribution >= 0.6 is 0 Å². The molecule has 10 heavy (non-hydrogen) atoms. The van der Waals surface area contributed by atoms with Gasteiger partial charge in [0.2, 0.25) is 0 Å². The Bertz CT molecular complexity index is 152. The van der Waals surface area contributed by atoms with Crippen LogP contribution in [0.15, 0.2) is 0 Å². The third kappa shape index (κ3) is 1.24. The van der Waals surface area contributed by atoms with Gasteiger partial charge in [0.25, 0.3) is 0 Å². The molecule has 1 fully saturated rings. The first-order valence-corrected chi connectivity index (χ1v) is 2.81. The summed E-state index contributed by atoms with van der Waals surface area (Å²) in [6, 6.07) is 0. The van der Waals surface area contributed by atoms with Crippen molar-refractivity contribution in [3.8, 4) is 0 Å². The number of hydrogen-bond acceptors (Lipinski definition) is 4. The summed E-state index contributed by atoms with van der Waals surface area (Å²) in [5.41, 5.74) is 0. The van der Waals surface area contributed by atoms with Gasteiger partial charge in [-0.2, -0.15) is 0 Å². The lowest BCUT2D eigenvalue weighted by Crippen LogP contribution is -2.53. The summed E-state index contributed by atoms with van der Waals surface area (Å²) < 4.78 is 3.99. The summed E-state index contributed by atoms with van der Waals surface area (Å²) in [5.74, 6) is 0. The van der Waals surface area contributed by atoms with E-state index in [9.17, 15) is 9.59 Å². The van der Waals surface area contributed by atoms with E-state index in [1.165, 1.54) is 4.90 Å². The molecule has 0 saturated carbocycles. The van der Waals surface area contributed by atoms with Crippen molar-refractivity contribution in [1.29, 1.82) is 0 Å². The van der Waals surface area contributed by atoms with Crippen LogP contribution in [0.1, 0.15) is 0 Å². The fourth-order valence-electron chi connectivity index (χ4n) is 0.720. The Labute approximate surface area is 57.2 Å². The number of carbonyl (C=O) groups is 2. The Hall–Kier alpha value is -1.10. The molecule has 0 spiro atoms. The first-order valence-electron chi connectivity index (χ1n) is 2.81. The number of ether oxygens (including phenoxy) is 1. The lowest BCUT2D eigenvalue weighted by Gasteiger charge is -2.33. The van der Waals surface area contributed by atoms with E-state index in [1.807, 2.05) is 0 Å². The molecule has 0 aromatic carbocycles. The number of hydrogen-bond donors (Lipinski definition) is 1. The molecule has 1 rings (SSSR count). The number of aliphatic hydroxyl groups is 1. The highest BCUT2D eigenvalue weighted by molar-refractivity contribution is 5.75. The summed E-state index contributed by atoms with van der Waals surface area (Å²) in [6.45, 7) is 0.590. The summed E-state index contributed by atoms with van der Waals surface area (Å²) in [5, 5.41) is 8.70. The van der Waals surface area contributed by atoms with Crippen LogP contribution in [0.5, 0.6) is 0 Å². The smallest absolute Gasteiger partial charge is 0.389 e. The van der Waals surface area contributed by atoms with Gasteiger partial charge in [0.05, 0.1) is 19.2 Å². The monoisotopic (exact) mass is 145 g/mol. The maximum atomic E-state index is 10.5. The topological polar surface area (TPSA) is 66.8 Å². The second-order valence-corrected chi connectivity index (χ2v) is 2.04. The standard InChI is InChI=1S/C5H7NO4/c7-3-10-5(9)6-1-4(8)2-6/h3-4,8H,1-2H2. The number of carbonyl (C=O) groups excluding carboxylic acids is 2. The van der Waals surface area contributed by atoms with E-state index < -0.39 is 12.2 Å². The van der Waals surface area contributed by atoms with Crippen molar-refractivity contribution in [3.05, 3.63) is 0 Å². The Morgan fingerprint density at radius 1 is 1.70 bits per heavy atom. The van der Waals surface area contributed by atoms with Crippen LogP contribution in [0.3, 0.4) is 0 Å². The van der Waals surface area contributed by atoms with Gasteiger partial charge in [0.1, 0.15) is 0 Å². The van der Waals surface area contributed by atoms with Gasteiger partial charge >= 0.3 is 12.6 Å². The van der Waals surface area contributed by atoms with Gasteiger partial charge in [-0.05, 0) is 0 Å². The highest BCUT2D eigenvalue weighted by atomic mass is 16.6. The van der Waals surface area contributed by atoms with Crippen LogP contribution in [0.2, 0.25) is 0 Å². The third-order valence-electron chi connectivity index (χ3n) is 1.27. The number of aliphatic hydroxyl groups excluding tert-OH is 1. The van der Waals surface area contributed by atoms with E-state index in [4.69, 9.17) is 5.11 Å². The van der Waals surface area contributed by atoms with Gasteiger partial charge in [-0.25, -0.2) is 4.79 Å². The van der Waals surface area contributed by atoms with Gasteiger partial charge in [0, 0.05) is 0 Å². The molecule has 0 unspecified atom stereocenters. The van der Waals surface area contributed by atoms with E-state index in [0.29, 0.717) is 0 Å². The summed E-state index contributed by atoms with van der Waals surface area (Å²) in [4.78, 5) is 21.4. The van der Waals surface area contributed by atoms with Crippen molar-refractivity contribution in [2.45, 2.75) is 6.10 Å². The van der Waals surface area contributed by atoms with Crippen LogP contribution in [0.25, 0.3) is 0 Å². The van der Waals surface area contributed by atoms with Gasteiger partial charge < -0.3 is 14.7 Å². The lowest BCUT2D eigenvalue weighted by molar-refractivity contribution is -0.125. The van der Waals surface area contributed by atoms with Gasteiger partial charge in [0.15, 0.2) is 0 Å². The van der Waals surface area contributed by atoms with E-state index in [-0.39, 0.29) is 19.6 Å². The maximum Gasteiger partial charge on any atom is 0.417 e. The van der Waals surface area contributed by atoms with Crippen molar-refractivity contribution < 1.29 is 19.4 Å². The highest BCUT2D eigenvalue weighted by Crippen LogP contribution is 2.07. The lowest BCUT2D eigenvalue weighted by atomic mass is 10.2. The predicted octanol–water partition coefficient (Wildman–Crippen LogP) is -1.04. The van der Waals surface area contributed by atoms with Gasteiger partial charge in [-0.15, -0.1) is 0 Å². The first-order chi connectivity index (χ1) is 4.74. The molecule has 56 valence electrons. The molecule has 0 aromatic rings. The fraction of sp³-hybridized carbons (Fsp3) is 0.600. The number of amides is 1. The molecule has 1 saturated heterocycles. The highest BCUT2D eigenvalue weighted by Gasteiger charge is 2.29. The summed E-state index contributed by atoms with van der Waals surface area (Å²) in [6.07, 6.45) is -1.15. The van der Waals surface area contributed by atoms with Crippen molar-refractivity contribution >= 4 is 12.6 Å². The number of nitrogens with zero attached hydrogens (tertiary/aromatic N) is 1. The van der Waals surface area contributed by atoms with Crippen LogP contribution in [0.4, 0.5) is 4.79 Å². The molecular weight excluding hydrogens is 138 g/mol. The molecule has 0 aliphatic carbocycles. The quantitative estimate of drug-likeness (QED) is 0.378. The van der Waals surface area contributed by atoms with Crippen LogP contribution in [0, 0.1) is 0 Å². The molecule has 1 aliphatic heterocycles. The van der Waals surface area contributed by atoms with Crippen LogP contribution < -0.4 is 0 Å². The molecule has 0 bridgehead atoms. The largest absolute Gasteiger partial charge is 0.417 e. The molecule has 0 radical (unpaired) electrons. The van der Waals surface area contributed by atoms with Crippen molar-refractivity contribution in [1.82, 2.24) is 4.90 Å². The Balaban J connectivity index is 2.24. The summed E-state index contributed by atoms with van der Waals surface area (Å²) in [7, 11) is 0. The zero-order chi connectivity index (χ0) is 7.56. The molecular formula is C5H7NO4.